The Hall–Kier alpha value is -3.61. The summed E-state index contributed by atoms with van der Waals surface area (Å²) in [6.45, 7) is 4.24. The molecule has 0 saturated heterocycles. The molecule has 3 aromatic rings. The highest BCUT2D eigenvalue weighted by molar-refractivity contribution is 6.00. The highest BCUT2D eigenvalue weighted by Gasteiger charge is 2.38. The summed E-state index contributed by atoms with van der Waals surface area (Å²) >= 11 is 0. The van der Waals surface area contributed by atoms with Gasteiger partial charge < -0.3 is 14.4 Å². The molecule has 7 nitrogen and oxygen atoms in total. The number of carbonyl (C=O) groups excluding carboxylic acids is 1. The first-order chi connectivity index (χ1) is 14.4. The van der Waals surface area contributed by atoms with Crippen molar-refractivity contribution in [1.29, 1.82) is 0 Å². The number of rotatable bonds is 3. The van der Waals surface area contributed by atoms with E-state index in [1.807, 2.05) is 42.5 Å². The lowest BCUT2D eigenvalue weighted by atomic mass is 10.0. The number of anilines is 1. The molecule has 2 aliphatic rings. The molecule has 30 heavy (non-hydrogen) atoms. The molecule has 0 unspecified atom stereocenters. The largest absolute Gasteiger partial charge is 0.454 e. The number of para-hydroxylation sites is 1. The van der Waals surface area contributed by atoms with Crippen LogP contribution in [-0.4, -0.2) is 29.0 Å². The zero-order chi connectivity index (χ0) is 20.9. The summed E-state index contributed by atoms with van der Waals surface area (Å²) in [5.74, 6) is 1.15. The fourth-order valence-corrected chi connectivity index (χ4v) is 3.99. The number of benzene rings is 2. The molecule has 0 atom stereocenters. The van der Waals surface area contributed by atoms with Gasteiger partial charge in [0.25, 0.3) is 11.5 Å². The molecule has 3 heterocycles. The number of hydrogen-bond acceptors (Lipinski definition) is 5. The average molecular weight is 403 g/mol. The Labute approximate surface area is 173 Å². The Bertz CT molecular complexity index is 1220. The summed E-state index contributed by atoms with van der Waals surface area (Å²) in [5, 5.41) is 4.55. The van der Waals surface area contributed by atoms with Crippen LogP contribution in [0.15, 0.2) is 59.4 Å². The Morgan fingerprint density at radius 1 is 1.03 bits per heavy atom. The second-order valence-corrected chi connectivity index (χ2v) is 7.93. The van der Waals surface area contributed by atoms with Crippen LogP contribution in [-0.2, 0) is 16.8 Å². The van der Waals surface area contributed by atoms with Crippen LogP contribution >= 0.6 is 0 Å². The first kappa shape index (κ1) is 18.4. The van der Waals surface area contributed by atoms with Gasteiger partial charge in [-0.15, -0.1) is 0 Å². The minimum Gasteiger partial charge on any atom is -0.454 e. The van der Waals surface area contributed by atoms with Crippen molar-refractivity contribution in [3.8, 4) is 22.8 Å². The molecule has 2 aliphatic heterocycles. The van der Waals surface area contributed by atoms with E-state index in [4.69, 9.17) is 9.47 Å². The molecule has 0 spiro atoms. The average Bonchev–Trinajstić information content (AvgIpc) is 3.39. The van der Waals surface area contributed by atoms with Crippen LogP contribution in [0.1, 0.15) is 19.4 Å². The highest BCUT2D eigenvalue weighted by Crippen LogP contribution is 2.35. The van der Waals surface area contributed by atoms with Gasteiger partial charge in [-0.25, -0.2) is 4.68 Å². The molecule has 5 rings (SSSR count). The van der Waals surface area contributed by atoms with Gasteiger partial charge in [0.1, 0.15) is 5.54 Å². The predicted molar refractivity (Wildman–Crippen MR) is 112 cm³/mol. The quantitative estimate of drug-likeness (QED) is 0.672. The fourth-order valence-electron chi connectivity index (χ4n) is 3.99. The molecule has 1 aromatic heterocycles. The van der Waals surface area contributed by atoms with Crippen LogP contribution in [0.25, 0.3) is 11.3 Å². The Balaban J connectivity index is 1.52. The van der Waals surface area contributed by atoms with Crippen molar-refractivity contribution in [2.75, 3.05) is 18.2 Å². The summed E-state index contributed by atoms with van der Waals surface area (Å²) in [7, 11) is 0. The van der Waals surface area contributed by atoms with Crippen LogP contribution in [0.3, 0.4) is 0 Å². The third-order valence-corrected chi connectivity index (χ3v) is 5.65. The summed E-state index contributed by atoms with van der Waals surface area (Å²) in [6, 6.07) is 16.5. The summed E-state index contributed by atoms with van der Waals surface area (Å²) < 4.78 is 12.1. The molecule has 0 fully saturated rings. The zero-order valence-corrected chi connectivity index (χ0v) is 16.8. The predicted octanol–water partition coefficient (Wildman–Crippen LogP) is 2.96. The number of ether oxygens (including phenoxy) is 2. The van der Waals surface area contributed by atoms with Crippen molar-refractivity contribution < 1.29 is 14.3 Å². The van der Waals surface area contributed by atoms with Crippen molar-refractivity contribution in [2.24, 2.45) is 0 Å². The highest BCUT2D eigenvalue weighted by atomic mass is 16.7. The van der Waals surface area contributed by atoms with E-state index < -0.39 is 5.54 Å². The zero-order valence-electron chi connectivity index (χ0n) is 16.8. The maximum Gasteiger partial charge on any atom is 0.267 e. The third kappa shape index (κ3) is 2.85. The fraction of sp³-hybridized carbons (Fsp3) is 0.261. The van der Waals surface area contributed by atoms with Crippen molar-refractivity contribution in [2.45, 2.75) is 25.8 Å². The Kier molecular flexibility index (Phi) is 4.13. The van der Waals surface area contributed by atoms with Crippen molar-refractivity contribution >= 4 is 11.6 Å². The van der Waals surface area contributed by atoms with Crippen molar-refractivity contribution in [3.63, 3.8) is 0 Å². The topological polar surface area (TPSA) is 73.7 Å². The summed E-state index contributed by atoms with van der Waals surface area (Å²) in [4.78, 5) is 27.9. The van der Waals surface area contributed by atoms with E-state index in [9.17, 15) is 9.59 Å². The van der Waals surface area contributed by atoms with Crippen molar-refractivity contribution in [1.82, 2.24) is 9.78 Å². The minimum absolute atomic E-state index is 0.162. The first-order valence-corrected chi connectivity index (χ1v) is 9.86. The second-order valence-electron chi connectivity index (χ2n) is 7.93. The lowest BCUT2D eigenvalue weighted by Crippen LogP contribution is -2.51. The van der Waals surface area contributed by atoms with Crippen LogP contribution in [0.4, 0.5) is 5.69 Å². The van der Waals surface area contributed by atoms with Crippen LogP contribution in [0.5, 0.6) is 11.5 Å². The van der Waals surface area contributed by atoms with E-state index in [2.05, 4.69) is 5.10 Å². The van der Waals surface area contributed by atoms with E-state index in [0.29, 0.717) is 23.7 Å². The molecule has 0 bridgehead atoms. The Morgan fingerprint density at radius 3 is 2.70 bits per heavy atom. The van der Waals surface area contributed by atoms with Crippen molar-refractivity contribution in [3.05, 3.63) is 70.5 Å². The number of nitrogens with zero attached hydrogens (tertiary/aromatic N) is 3. The number of amides is 1. The standard InChI is InChI=1S/C23H21N3O4/c1-23(2,22(28)25-12-11-15-5-3-4-6-18(15)25)26-21(27)10-8-17(24-26)16-7-9-19-20(13-16)30-14-29-19/h3-10,13H,11-12,14H2,1-2H3. The third-order valence-electron chi connectivity index (χ3n) is 5.65. The molecular weight excluding hydrogens is 382 g/mol. The van der Waals surface area contributed by atoms with Gasteiger partial charge in [0.2, 0.25) is 6.79 Å². The van der Waals surface area contributed by atoms with Gasteiger partial charge in [-0.1, -0.05) is 18.2 Å². The molecule has 152 valence electrons. The minimum atomic E-state index is -1.15. The van der Waals surface area contributed by atoms with Crippen LogP contribution in [0.2, 0.25) is 0 Å². The molecule has 0 saturated carbocycles. The SMILES string of the molecule is CC(C)(C(=O)N1CCc2ccccc21)n1nc(-c2ccc3c(c2)OCO3)ccc1=O. The lowest BCUT2D eigenvalue weighted by Gasteiger charge is -2.30. The van der Waals surface area contributed by atoms with E-state index in [0.717, 1.165) is 23.2 Å². The van der Waals surface area contributed by atoms with Crippen LogP contribution in [0, 0.1) is 0 Å². The maximum atomic E-state index is 13.5. The van der Waals surface area contributed by atoms with E-state index in [1.165, 1.54) is 10.7 Å². The van der Waals surface area contributed by atoms with E-state index in [-0.39, 0.29) is 18.3 Å². The molecule has 7 heteroatoms. The normalized spacial score (nSPS) is 14.7. The number of fused-ring (bicyclic) bond motifs is 2. The second kappa shape index (κ2) is 6.73. The monoisotopic (exact) mass is 403 g/mol. The number of aromatic nitrogens is 2. The lowest BCUT2D eigenvalue weighted by molar-refractivity contribution is -0.126. The van der Waals surface area contributed by atoms with Gasteiger partial charge in [0.05, 0.1) is 5.69 Å². The van der Waals surface area contributed by atoms with Gasteiger partial charge in [0.15, 0.2) is 11.5 Å². The summed E-state index contributed by atoms with van der Waals surface area (Å²) in [5.41, 5.74) is 1.91. The number of carbonyl (C=O) groups is 1. The van der Waals surface area contributed by atoms with E-state index in [1.54, 1.807) is 24.8 Å². The number of hydrogen-bond donors (Lipinski definition) is 0. The van der Waals surface area contributed by atoms with Gasteiger partial charge in [-0.3, -0.25) is 9.59 Å². The molecular formula is C23H21N3O4. The van der Waals surface area contributed by atoms with E-state index >= 15 is 0 Å². The molecule has 0 radical (unpaired) electrons. The Morgan fingerprint density at radius 2 is 1.83 bits per heavy atom. The first-order valence-electron chi connectivity index (χ1n) is 9.86. The molecule has 1 amide bonds. The molecule has 2 aromatic carbocycles. The van der Waals surface area contributed by atoms with Gasteiger partial charge in [-0.2, -0.15) is 5.10 Å². The molecule has 0 N–H and O–H groups in total. The van der Waals surface area contributed by atoms with Crippen LogP contribution < -0.4 is 19.9 Å². The molecule has 0 aliphatic carbocycles. The maximum absolute atomic E-state index is 13.5. The van der Waals surface area contributed by atoms with Gasteiger partial charge in [-0.05, 0) is 56.2 Å². The summed E-state index contributed by atoms with van der Waals surface area (Å²) in [6.07, 6.45) is 0.803. The van der Waals surface area contributed by atoms with Gasteiger partial charge >= 0.3 is 0 Å². The smallest absolute Gasteiger partial charge is 0.267 e. The van der Waals surface area contributed by atoms with Gasteiger partial charge in [0, 0.05) is 23.9 Å².